The summed E-state index contributed by atoms with van der Waals surface area (Å²) in [6, 6.07) is 5.45. The zero-order valence-electron chi connectivity index (χ0n) is 11.8. The smallest absolute Gasteiger partial charge is 0.122 e. The lowest BCUT2D eigenvalue weighted by atomic mass is 9.86. The monoisotopic (exact) mass is 266 g/mol. The molecule has 0 aliphatic carbocycles. The summed E-state index contributed by atoms with van der Waals surface area (Å²) in [5, 5.41) is 10.6. The van der Waals surface area contributed by atoms with E-state index in [9.17, 15) is 5.11 Å². The van der Waals surface area contributed by atoms with Gasteiger partial charge in [-0.05, 0) is 43.9 Å². The van der Waals surface area contributed by atoms with Crippen LogP contribution in [0.1, 0.15) is 37.9 Å². The number of hydrogen-bond acceptors (Lipinski definition) is 4. The molecule has 2 rings (SSSR count). The van der Waals surface area contributed by atoms with E-state index in [0.717, 1.165) is 24.8 Å². The standard InChI is InChI=1S/C15H22O4/c1-15(6-4-5-7-19-15)14(16)11-8-12(17-2)10-13(9-11)18-3/h8-10,14,16H,4-7H2,1-3H3. The number of methoxy groups -OCH3 is 2. The van der Waals surface area contributed by atoms with E-state index in [1.165, 1.54) is 0 Å². The van der Waals surface area contributed by atoms with Gasteiger partial charge in [0.25, 0.3) is 0 Å². The van der Waals surface area contributed by atoms with Crippen molar-refractivity contribution in [3.63, 3.8) is 0 Å². The molecule has 1 saturated heterocycles. The number of ether oxygens (including phenoxy) is 3. The van der Waals surface area contributed by atoms with E-state index in [0.29, 0.717) is 18.1 Å². The fourth-order valence-electron chi connectivity index (χ4n) is 2.51. The van der Waals surface area contributed by atoms with Crippen LogP contribution in [0.25, 0.3) is 0 Å². The SMILES string of the molecule is COc1cc(OC)cc(C(O)C2(C)CCCCO2)c1. The van der Waals surface area contributed by atoms with Crippen LogP contribution >= 0.6 is 0 Å². The van der Waals surface area contributed by atoms with Gasteiger partial charge in [-0.3, -0.25) is 0 Å². The largest absolute Gasteiger partial charge is 0.497 e. The van der Waals surface area contributed by atoms with E-state index < -0.39 is 11.7 Å². The first-order chi connectivity index (χ1) is 9.09. The molecule has 2 atom stereocenters. The molecular formula is C15H22O4. The molecule has 0 amide bonds. The molecule has 19 heavy (non-hydrogen) atoms. The van der Waals surface area contributed by atoms with Gasteiger partial charge in [0, 0.05) is 12.7 Å². The summed E-state index contributed by atoms with van der Waals surface area (Å²) in [5.41, 5.74) is 0.232. The Morgan fingerprint density at radius 2 is 1.79 bits per heavy atom. The molecule has 0 saturated carbocycles. The Labute approximate surface area is 114 Å². The Morgan fingerprint density at radius 1 is 1.16 bits per heavy atom. The lowest BCUT2D eigenvalue weighted by molar-refractivity contribution is -0.138. The highest BCUT2D eigenvalue weighted by molar-refractivity contribution is 5.40. The maximum absolute atomic E-state index is 10.6. The summed E-state index contributed by atoms with van der Waals surface area (Å²) >= 11 is 0. The number of hydrogen-bond donors (Lipinski definition) is 1. The van der Waals surface area contributed by atoms with Gasteiger partial charge in [-0.25, -0.2) is 0 Å². The molecule has 0 spiro atoms. The molecule has 1 N–H and O–H groups in total. The molecule has 1 heterocycles. The Balaban J connectivity index is 2.29. The summed E-state index contributed by atoms with van der Waals surface area (Å²) in [5.74, 6) is 1.35. The second-order valence-electron chi connectivity index (χ2n) is 5.17. The summed E-state index contributed by atoms with van der Waals surface area (Å²) < 4.78 is 16.3. The average molecular weight is 266 g/mol. The van der Waals surface area contributed by atoms with Gasteiger partial charge < -0.3 is 19.3 Å². The molecule has 0 bridgehead atoms. The molecule has 0 aromatic heterocycles. The second kappa shape index (κ2) is 5.80. The van der Waals surface area contributed by atoms with Gasteiger partial charge in [0.2, 0.25) is 0 Å². The highest BCUT2D eigenvalue weighted by Crippen LogP contribution is 2.38. The van der Waals surface area contributed by atoms with E-state index in [4.69, 9.17) is 14.2 Å². The van der Waals surface area contributed by atoms with Crippen molar-refractivity contribution in [2.24, 2.45) is 0 Å². The average Bonchev–Trinajstić information content (AvgIpc) is 2.46. The molecule has 106 valence electrons. The normalized spacial score (nSPS) is 24.8. The zero-order valence-corrected chi connectivity index (χ0v) is 11.8. The number of benzene rings is 1. The van der Waals surface area contributed by atoms with Crippen LogP contribution in [0.2, 0.25) is 0 Å². The van der Waals surface area contributed by atoms with E-state index >= 15 is 0 Å². The number of aliphatic hydroxyl groups excluding tert-OH is 1. The van der Waals surface area contributed by atoms with Gasteiger partial charge >= 0.3 is 0 Å². The highest BCUT2D eigenvalue weighted by Gasteiger charge is 2.37. The predicted octanol–water partition coefficient (Wildman–Crippen LogP) is 2.70. The van der Waals surface area contributed by atoms with Gasteiger partial charge in [-0.2, -0.15) is 0 Å². The van der Waals surface area contributed by atoms with Crippen molar-refractivity contribution in [1.82, 2.24) is 0 Å². The molecule has 1 aliphatic rings. The van der Waals surface area contributed by atoms with Crippen LogP contribution < -0.4 is 9.47 Å². The molecule has 2 unspecified atom stereocenters. The van der Waals surface area contributed by atoms with Gasteiger partial charge in [0.1, 0.15) is 17.6 Å². The van der Waals surface area contributed by atoms with Crippen LogP contribution in [0.4, 0.5) is 0 Å². The van der Waals surface area contributed by atoms with E-state index in [-0.39, 0.29) is 0 Å². The van der Waals surface area contributed by atoms with Crippen molar-refractivity contribution in [2.45, 2.75) is 37.9 Å². The van der Waals surface area contributed by atoms with Gasteiger partial charge in [0.15, 0.2) is 0 Å². The van der Waals surface area contributed by atoms with Crippen LogP contribution in [0.3, 0.4) is 0 Å². The van der Waals surface area contributed by atoms with Crippen molar-refractivity contribution in [3.05, 3.63) is 23.8 Å². The predicted molar refractivity (Wildman–Crippen MR) is 72.7 cm³/mol. The Bertz CT molecular complexity index is 402. The first-order valence-electron chi connectivity index (χ1n) is 6.64. The minimum absolute atomic E-state index is 0.532. The first-order valence-corrected chi connectivity index (χ1v) is 6.64. The maximum atomic E-state index is 10.6. The summed E-state index contributed by atoms with van der Waals surface area (Å²) in [6.45, 7) is 2.66. The van der Waals surface area contributed by atoms with Crippen LogP contribution in [-0.2, 0) is 4.74 Å². The zero-order chi connectivity index (χ0) is 13.9. The van der Waals surface area contributed by atoms with Gasteiger partial charge in [-0.15, -0.1) is 0 Å². The van der Waals surface area contributed by atoms with Crippen molar-refractivity contribution in [2.75, 3.05) is 20.8 Å². The third-order valence-corrected chi connectivity index (χ3v) is 3.77. The van der Waals surface area contributed by atoms with E-state index in [1.807, 2.05) is 19.1 Å². The Morgan fingerprint density at radius 3 is 2.26 bits per heavy atom. The fourth-order valence-corrected chi connectivity index (χ4v) is 2.51. The van der Waals surface area contributed by atoms with Crippen LogP contribution in [0.15, 0.2) is 18.2 Å². The number of aliphatic hydroxyl groups is 1. The van der Waals surface area contributed by atoms with Crippen molar-refractivity contribution in [1.29, 1.82) is 0 Å². The Hall–Kier alpha value is -1.26. The molecule has 0 radical (unpaired) electrons. The maximum Gasteiger partial charge on any atom is 0.122 e. The Kier molecular flexibility index (Phi) is 4.32. The third kappa shape index (κ3) is 3.01. The second-order valence-corrected chi connectivity index (χ2v) is 5.17. The molecular weight excluding hydrogens is 244 g/mol. The third-order valence-electron chi connectivity index (χ3n) is 3.77. The summed E-state index contributed by atoms with van der Waals surface area (Å²) in [6.07, 6.45) is 2.31. The summed E-state index contributed by atoms with van der Waals surface area (Å²) in [4.78, 5) is 0. The lowest BCUT2D eigenvalue weighted by Gasteiger charge is -2.38. The molecule has 1 fully saturated rings. The molecule has 1 aromatic rings. The van der Waals surface area contributed by atoms with Crippen molar-refractivity contribution in [3.8, 4) is 11.5 Å². The molecule has 1 aliphatic heterocycles. The number of rotatable bonds is 4. The van der Waals surface area contributed by atoms with Gasteiger partial charge in [-0.1, -0.05) is 0 Å². The van der Waals surface area contributed by atoms with Crippen molar-refractivity contribution >= 4 is 0 Å². The quantitative estimate of drug-likeness (QED) is 0.910. The topological polar surface area (TPSA) is 47.9 Å². The lowest BCUT2D eigenvalue weighted by Crippen LogP contribution is -2.39. The minimum atomic E-state index is -0.684. The molecule has 4 nitrogen and oxygen atoms in total. The van der Waals surface area contributed by atoms with Crippen LogP contribution in [-0.4, -0.2) is 31.5 Å². The van der Waals surface area contributed by atoms with Crippen molar-refractivity contribution < 1.29 is 19.3 Å². The van der Waals surface area contributed by atoms with Crippen LogP contribution in [0, 0.1) is 0 Å². The molecule has 1 aromatic carbocycles. The van der Waals surface area contributed by atoms with E-state index in [2.05, 4.69) is 0 Å². The highest BCUT2D eigenvalue weighted by atomic mass is 16.5. The molecule has 4 heteroatoms. The van der Waals surface area contributed by atoms with Gasteiger partial charge in [0.05, 0.1) is 19.8 Å². The first kappa shape index (κ1) is 14.2. The van der Waals surface area contributed by atoms with Crippen LogP contribution in [0.5, 0.6) is 11.5 Å². The fraction of sp³-hybridized carbons (Fsp3) is 0.600. The summed E-state index contributed by atoms with van der Waals surface area (Å²) in [7, 11) is 3.20. The minimum Gasteiger partial charge on any atom is -0.497 e. The van der Waals surface area contributed by atoms with E-state index in [1.54, 1.807) is 20.3 Å².